The van der Waals surface area contributed by atoms with E-state index in [4.69, 9.17) is 5.73 Å². The van der Waals surface area contributed by atoms with Gasteiger partial charge in [0.2, 0.25) is 0 Å². The zero-order chi connectivity index (χ0) is 15.0. The average Bonchev–Trinajstić information content (AvgIpc) is 2.42. The van der Waals surface area contributed by atoms with Crippen LogP contribution in [0.3, 0.4) is 0 Å². The van der Waals surface area contributed by atoms with Gasteiger partial charge in [-0.15, -0.1) is 0 Å². The molecule has 120 valence electrons. The third kappa shape index (κ3) is 7.58. The topological polar surface area (TPSA) is 35.7 Å². The highest BCUT2D eigenvalue weighted by Crippen LogP contribution is 2.21. The summed E-state index contributed by atoms with van der Waals surface area (Å²) in [6, 6.07) is 0. The number of hydrogen-bond donors (Lipinski definition) is 1. The van der Waals surface area contributed by atoms with Gasteiger partial charge in [-0.3, -0.25) is 4.90 Å². The maximum atomic E-state index is 5.78. The Kier molecular flexibility index (Phi) is 8.03. The summed E-state index contributed by atoms with van der Waals surface area (Å²) in [5.41, 5.74) is 6.10. The van der Waals surface area contributed by atoms with Crippen molar-refractivity contribution in [3.8, 4) is 0 Å². The highest BCUT2D eigenvalue weighted by molar-refractivity contribution is 4.73. The van der Waals surface area contributed by atoms with Crippen molar-refractivity contribution in [1.82, 2.24) is 14.7 Å². The van der Waals surface area contributed by atoms with Crippen LogP contribution in [-0.2, 0) is 0 Å². The van der Waals surface area contributed by atoms with E-state index in [1.807, 2.05) is 0 Å². The van der Waals surface area contributed by atoms with Crippen LogP contribution >= 0.6 is 0 Å². The summed E-state index contributed by atoms with van der Waals surface area (Å²) in [7, 11) is 4.30. The van der Waals surface area contributed by atoms with Crippen molar-refractivity contribution in [2.45, 2.75) is 33.1 Å². The van der Waals surface area contributed by atoms with Gasteiger partial charge in [-0.1, -0.05) is 20.3 Å². The molecule has 20 heavy (non-hydrogen) atoms. The van der Waals surface area contributed by atoms with Gasteiger partial charge in [-0.05, 0) is 45.4 Å². The van der Waals surface area contributed by atoms with E-state index in [-0.39, 0.29) is 0 Å². The molecular formula is C16H36N4. The van der Waals surface area contributed by atoms with Crippen LogP contribution in [-0.4, -0.2) is 81.2 Å². The first-order valence-electron chi connectivity index (χ1n) is 8.22. The fraction of sp³-hybridized carbons (Fsp3) is 1.00. The van der Waals surface area contributed by atoms with Crippen molar-refractivity contribution in [3.63, 3.8) is 0 Å². The fourth-order valence-corrected chi connectivity index (χ4v) is 2.62. The molecule has 0 unspecified atom stereocenters. The number of piperazine rings is 1. The van der Waals surface area contributed by atoms with Crippen LogP contribution in [0.5, 0.6) is 0 Å². The number of hydrogen-bond acceptors (Lipinski definition) is 4. The van der Waals surface area contributed by atoms with Gasteiger partial charge in [-0.2, -0.15) is 0 Å². The normalized spacial score (nSPS) is 18.9. The molecule has 1 saturated heterocycles. The van der Waals surface area contributed by atoms with Crippen LogP contribution in [0.15, 0.2) is 0 Å². The van der Waals surface area contributed by atoms with E-state index in [9.17, 15) is 0 Å². The SMILES string of the molecule is CN(C)CCN1CCN(CCCCC(C)(C)CN)CC1. The molecule has 1 heterocycles. The maximum absolute atomic E-state index is 5.78. The molecule has 1 fully saturated rings. The van der Waals surface area contributed by atoms with Crippen LogP contribution in [0, 0.1) is 5.41 Å². The van der Waals surface area contributed by atoms with Crippen LogP contribution in [0.2, 0.25) is 0 Å². The van der Waals surface area contributed by atoms with Gasteiger partial charge in [0.15, 0.2) is 0 Å². The van der Waals surface area contributed by atoms with Crippen molar-refractivity contribution in [3.05, 3.63) is 0 Å². The molecule has 0 bridgehead atoms. The highest BCUT2D eigenvalue weighted by Gasteiger charge is 2.17. The van der Waals surface area contributed by atoms with E-state index in [1.165, 1.54) is 65.1 Å². The minimum absolute atomic E-state index is 0.324. The van der Waals surface area contributed by atoms with Gasteiger partial charge in [0.25, 0.3) is 0 Å². The maximum Gasteiger partial charge on any atom is 0.0110 e. The van der Waals surface area contributed by atoms with Crippen molar-refractivity contribution < 1.29 is 0 Å². The number of rotatable bonds is 9. The van der Waals surface area contributed by atoms with E-state index in [0.717, 1.165) is 6.54 Å². The van der Waals surface area contributed by atoms with Crippen LogP contribution in [0.4, 0.5) is 0 Å². The quantitative estimate of drug-likeness (QED) is 0.648. The Hall–Kier alpha value is -0.160. The largest absolute Gasteiger partial charge is 0.330 e. The predicted octanol–water partition coefficient (Wildman–Crippen LogP) is 1.32. The van der Waals surface area contributed by atoms with E-state index in [1.54, 1.807) is 0 Å². The third-order valence-electron chi connectivity index (χ3n) is 4.46. The Bertz CT molecular complexity index is 245. The first-order valence-corrected chi connectivity index (χ1v) is 8.22. The molecule has 4 heteroatoms. The molecule has 0 atom stereocenters. The van der Waals surface area contributed by atoms with Crippen LogP contribution in [0.1, 0.15) is 33.1 Å². The van der Waals surface area contributed by atoms with E-state index in [0.29, 0.717) is 5.41 Å². The average molecular weight is 284 g/mol. The second-order valence-electron chi connectivity index (χ2n) is 7.31. The third-order valence-corrected chi connectivity index (χ3v) is 4.46. The molecule has 0 aromatic carbocycles. The lowest BCUT2D eigenvalue weighted by molar-refractivity contribution is 0.123. The molecule has 0 aliphatic carbocycles. The summed E-state index contributed by atoms with van der Waals surface area (Å²) < 4.78 is 0. The number of likely N-dealkylation sites (N-methyl/N-ethyl adjacent to an activating group) is 1. The van der Waals surface area contributed by atoms with Crippen molar-refractivity contribution in [1.29, 1.82) is 0 Å². The van der Waals surface area contributed by atoms with Gasteiger partial charge in [0, 0.05) is 39.3 Å². The summed E-state index contributed by atoms with van der Waals surface area (Å²) in [4.78, 5) is 7.49. The Morgan fingerprint density at radius 3 is 2.00 bits per heavy atom. The molecule has 1 aliphatic heterocycles. The van der Waals surface area contributed by atoms with E-state index < -0.39 is 0 Å². The summed E-state index contributed by atoms with van der Waals surface area (Å²) in [5.74, 6) is 0. The summed E-state index contributed by atoms with van der Waals surface area (Å²) in [6.45, 7) is 14.0. The van der Waals surface area contributed by atoms with Gasteiger partial charge in [0.05, 0.1) is 0 Å². The molecule has 1 rings (SSSR count). The molecule has 0 aromatic heterocycles. The van der Waals surface area contributed by atoms with Crippen molar-refractivity contribution >= 4 is 0 Å². The van der Waals surface area contributed by atoms with E-state index in [2.05, 4.69) is 42.6 Å². The molecule has 0 saturated carbocycles. The number of nitrogens with two attached hydrogens (primary N) is 1. The standard InChI is InChI=1S/C16H36N4/c1-16(2,15-17)7-5-6-8-19-11-13-20(14-12-19)10-9-18(3)4/h5-15,17H2,1-4H3. The summed E-state index contributed by atoms with van der Waals surface area (Å²) in [6.07, 6.45) is 3.89. The molecule has 0 spiro atoms. The number of nitrogens with zero attached hydrogens (tertiary/aromatic N) is 3. The van der Waals surface area contributed by atoms with Gasteiger partial charge >= 0.3 is 0 Å². The molecule has 1 aliphatic rings. The monoisotopic (exact) mass is 284 g/mol. The Balaban J connectivity index is 2.05. The van der Waals surface area contributed by atoms with Crippen LogP contribution < -0.4 is 5.73 Å². The zero-order valence-corrected chi connectivity index (χ0v) is 14.2. The number of unbranched alkanes of at least 4 members (excludes halogenated alkanes) is 1. The molecule has 2 N–H and O–H groups in total. The molecule has 4 nitrogen and oxygen atoms in total. The van der Waals surface area contributed by atoms with Crippen LogP contribution in [0.25, 0.3) is 0 Å². The summed E-state index contributed by atoms with van der Waals surface area (Å²) in [5, 5.41) is 0. The van der Waals surface area contributed by atoms with Gasteiger partial charge < -0.3 is 15.5 Å². The second-order valence-corrected chi connectivity index (χ2v) is 7.31. The molecule has 0 aromatic rings. The predicted molar refractivity (Wildman–Crippen MR) is 88.1 cm³/mol. The first kappa shape index (κ1) is 17.9. The highest BCUT2D eigenvalue weighted by atomic mass is 15.3. The smallest absolute Gasteiger partial charge is 0.0110 e. The molecule has 0 amide bonds. The molecular weight excluding hydrogens is 248 g/mol. The minimum atomic E-state index is 0.324. The fourth-order valence-electron chi connectivity index (χ4n) is 2.62. The summed E-state index contributed by atoms with van der Waals surface area (Å²) >= 11 is 0. The Morgan fingerprint density at radius 1 is 0.950 bits per heavy atom. The Labute approximate surface area is 126 Å². The minimum Gasteiger partial charge on any atom is -0.330 e. The lowest BCUT2D eigenvalue weighted by Gasteiger charge is -2.35. The lowest BCUT2D eigenvalue weighted by atomic mass is 9.87. The first-order chi connectivity index (χ1) is 9.43. The van der Waals surface area contributed by atoms with Crippen molar-refractivity contribution in [2.24, 2.45) is 11.1 Å². The lowest BCUT2D eigenvalue weighted by Crippen LogP contribution is -2.48. The van der Waals surface area contributed by atoms with Gasteiger partial charge in [-0.25, -0.2) is 0 Å². The zero-order valence-electron chi connectivity index (χ0n) is 14.2. The molecule has 0 radical (unpaired) electrons. The second kappa shape index (κ2) is 8.98. The van der Waals surface area contributed by atoms with Crippen molar-refractivity contribution in [2.75, 3.05) is 66.5 Å². The Morgan fingerprint density at radius 2 is 1.50 bits per heavy atom. The van der Waals surface area contributed by atoms with Gasteiger partial charge in [0.1, 0.15) is 0 Å². The van der Waals surface area contributed by atoms with E-state index >= 15 is 0 Å².